The second-order valence-corrected chi connectivity index (χ2v) is 4.81. The Kier molecular flexibility index (Phi) is 3.28. The van der Waals surface area contributed by atoms with E-state index in [1.807, 2.05) is 6.07 Å². The first kappa shape index (κ1) is 11.9. The van der Waals surface area contributed by atoms with Gasteiger partial charge < -0.3 is 0 Å². The van der Waals surface area contributed by atoms with E-state index in [0.29, 0.717) is 5.56 Å². The van der Waals surface area contributed by atoms with Gasteiger partial charge in [0.15, 0.2) is 12.0 Å². The van der Waals surface area contributed by atoms with E-state index < -0.39 is 12.0 Å². The Morgan fingerprint density at radius 2 is 1.93 bits per heavy atom. The fourth-order valence-electron chi connectivity index (χ4n) is 1.37. The van der Waals surface area contributed by atoms with Crippen LogP contribution in [-0.4, -0.2) is 12.0 Å². The van der Waals surface area contributed by atoms with Gasteiger partial charge in [-0.05, 0) is 24.0 Å². The van der Waals surface area contributed by atoms with Crippen LogP contribution in [0.4, 0.5) is 4.39 Å². The fourth-order valence-corrected chi connectivity index (χ4v) is 1.37. The third kappa shape index (κ3) is 2.88. The zero-order chi connectivity index (χ0) is 11.6. The predicted molar refractivity (Wildman–Crippen MR) is 60.0 cm³/mol. The number of halogens is 1. The maximum absolute atomic E-state index is 12.9. The first-order valence-electron chi connectivity index (χ1n) is 5.11. The lowest BCUT2D eigenvalue weighted by Gasteiger charge is -2.19. The minimum absolute atomic E-state index is 0.0180. The second-order valence-electron chi connectivity index (χ2n) is 4.81. The summed E-state index contributed by atoms with van der Waals surface area (Å²) in [6.07, 6.45) is -1.43. The lowest BCUT2D eigenvalue weighted by Crippen LogP contribution is -2.15. The lowest BCUT2D eigenvalue weighted by molar-refractivity contribution is 0.0892. The Labute approximate surface area is 90.3 Å². The van der Waals surface area contributed by atoms with Crippen molar-refractivity contribution in [1.82, 2.24) is 0 Å². The third-order valence-electron chi connectivity index (χ3n) is 2.37. The average Bonchev–Trinajstić information content (AvgIpc) is 2.15. The van der Waals surface area contributed by atoms with Crippen LogP contribution < -0.4 is 0 Å². The van der Waals surface area contributed by atoms with Crippen LogP contribution in [0.25, 0.3) is 0 Å². The van der Waals surface area contributed by atoms with E-state index in [1.54, 1.807) is 18.2 Å². The van der Waals surface area contributed by atoms with Gasteiger partial charge >= 0.3 is 0 Å². The summed E-state index contributed by atoms with van der Waals surface area (Å²) in [5.74, 6) is -0.443. The largest absolute Gasteiger partial charge is 0.291 e. The molecular weight excluding hydrogens is 191 g/mol. The molecule has 0 aliphatic rings. The molecule has 1 unspecified atom stereocenters. The number of rotatable bonds is 2. The molecule has 82 valence electrons. The van der Waals surface area contributed by atoms with Gasteiger partial charge in [0.1, 0.15) is 0 Å². The molecule has 0 saturated heterocycles. The Bertz CT molecular complexity index is 361. The van der Waals surface area contributed by atoms with Gasteiger partial charge in [0.05, 0.1) is 0 Å². The summed E-state index contributed by atoms with van der Waals surface area (Å²) in [5, 5.41) is 0. The normalized spacial score (nSPS) is 13.7. The molecule has 0 bridgehead atoms. The molecular formula is C13H17FO. The summed E-state index contributed by atoms with van der Waals surface area (Å²) in [7, 11) is 0. The minimum Gasteiger partial charge on any atom is -0.291 e. The van der Waals surface area contributed by atoms with Crippen molar-refractivity contribution >= 4 is 5.78 Å². The predicted octanol–water partition coefficient (Wildman–Crippen LogP) is 3.52. The lowest BCUT2D eigenvalue weighted by atomic mass is 9.85. The Balaban J connectivity index is 3.09. The summed E-state index contributed by atoms with van der Waals surface area (Å²) in [5.41, 5.74) is 1.49. The van der Waals surface area contributed by atoms with Crippen LogP contribution in [0.5, 0.6) is 0 Å². The highest BCUT2D eigenvalue weighted by Crippen LogP contribution is 2.23. The van der Waals surface area contributed by atoms with Crippen molar-refractivity contribution in [3.63, 3.8) is 0 Å². The highest BCUT2D eigenvalue weighted by atomic mass is 19.1. The number of alkyl halides is 1. The number of carbonyl (C=O) groups excluding carboxylic acids is 1. The molecule has 0 aliphatic carbocycles. The van der Waals surface area contributed by atoms with E-state index in [-0.39, 0.29) is 5.41 Å². The molecule has 15 heavy (non-hydrogen) atoms. The van der Waals surface area contributed by atoms with Crippen molar-refractivity contribution in [2.45, 2.75) is 39.3 Å². The number of benzene rings is 1. The van der Waals surface area contributed by atoms with Gasteiger partial charge in [-0.3, -0.25) is 4.79 Å². The quantitative estimate of drug-likeness (QED) is 0.679. The van der Waals surface area contributed by atoms with Crippen LogP contribution in [0.2, 0.25) is 0 Å². The molecule has 0 spiro atoms. The summed E-state index contributed by atoms with van der Waals surface area (Å²) in [6, 6.07) is 7.20. The smallest absolute Gasteiger partial charge is 0.196 e. The summed E-state index contributed by atoms with van der Waals surface area (Å²) < 4.78 is 12.9. The van der Waals surface area contributed by atoms with Crippen LogP contribution in [0.15, 0.2) is 24.3 Å². The number of hydrogen-bond donors (Lipinski definition) is 0. The van der Waals surface area contributed by atoms with E-state index in [1.165, 1.54) is 6.92 Å². The number of ketones is 1. The Morgan fingerprint density at radius 3 is 2.40 bits per heavy atom. The molecule has 0 heterocycles. The van der Waals surface area contributed by atoms with Crippen LogP contribution in [-0.2, 0) is 5.41 Å². The monoisotopic (exact) mass is 208 g/mol. The van der Waals surface area contributed by atoms with Gasteiger partial charge in [-0.25, -0.2) is 4.39 Å². The van der Waals surface area contributed by atoms with Crippen molar-refractivity contribution in [2.24, 2.45) is 0 Å². The van der Waals surface area contributed by atoms with Gasteiger partial charge in [-0.1, -0.05) is 39.0 Å². The van der Waals surface area contributed by atoms with Gasteiger partial charge in [0, 0.05) is 5.56 Å². The molecule has 0 N–H and O–H groups in total. The minimum atomic E-state index is -1.43. The SMILES string of the molecule is CC(F)C(=O)c1cccc(C(C)(C)C)c1. The van der Waals surface area contributed by atoms with E-state index in [2.05, 4.69) is 20.8 Å². The van der Waals surface area contributed by atoms with Gasteiger partial charge in [0.25, 0.3) is 0 Å². The molecule has 0 aromatic heterocycles. The van der Waals surface area contributed by atoms with Crippen molar-refractivity contribution in [3.8, 4) is 0 Å². The number of carbonyl (C=O) groups is 1. The molecule has 1 rings (SSSR count). The van der Waals surface area contributed by atoms with Crippen LogP contribution in [0.1, 0.15) is 43.6 Å². The molecule has 1 aromatic carbocycles. The van der Waals surface area contributed by atoms with E-state index in [9.17, 15) is 9.18 Å². The topological polar surface area (TPSA) is 17.1 Å². The Hall–Kier alpha value is -1.18. The number of Topliss-reactive ketones (excluding diaryl/α,β-unsaturated/α-hetero) is 1. The summed E-state index contributed by atoms with van der Waals surface area (Å²) in [4.78, 5) is 11.4. The zero-order valence-electron chi connectivity index (χ0n) is 9.67. The van der Waals surface area contributed by atoms with Crippen LogP contribution >= 0.6 is 0 Å². The molecule has 0 saturated carbocycles. The maximum atomic E-state index is 12.9. The van der Waals surface area contributed by atoms with Crippen LogP contribution in [0.3, 0.4) is 0 Å². The molecule has 0 radical (unpaired) electrons. The standard InChI is InChI=1S/C13H17FO/c1-9(14)12(15)10-6-5-7-11(8-10)13(2,3)4/h5-9H,1-4H3. The van der Waals surface area contributed by atoms with E-state index in [4.69, 9.17) is 0 Å². The molecule has 1 atom stereocenters. The molecule has 1 nitrogen and oxygen atoms in total. The maximum Gasteiger partial charge on any atom is 0.196 e. The summed E-state index contributed by atoms with van der Waals surface area (Å²) in [6.45, 7) is 7.46. The van der Waals surface area contributed by atoms with Gasteiger partial charge in [-0.2, -0.15) is 0 Å². The summed E-state index contributed by atoms with van der Waals surface area (Å²) >= 11 is 0. The van der Waals surface area contributed by atoms with Gasteiger partial charge in [-0.15, -0.1) is 0 Å². The molecule has 0 amide bonds. The highest BCUT2D eigenvalue weighted by Gasteiger charge is 2.18. The van der Waals surface area contributed by atoms with Crippen molar-refractivity contribution in [3.05, 3.63) is 35.4 Å². The van der Waals surface area contributed by atoms with Crippen molar-refractivity contribution in [1.29, 1.82) is 0 Å². The van der Waals surface area contributed by atoms with Crippen molar-refractivity contribution in [2.75, 3.05) is 0 Å². The molecule has 0 fully saturated rings. The average molecular weight is 208 g/mol. The highest BCUT2D eigenvalue weighted by molar-refractivity contribution is 5.99. The number of hydrogen-bond acceptors (Lipinski definition) is 1. The Morgan fingerprint density at radius 1 is 1.33 bits per heavy atom. The molecule has 1 aromatic rings. The zero-order valence-corrected chi connectivity index (χ0v) is 9.67. The first-order chi connectivity index (χ1) is 6.82. The van der Waals surface area contributed by atoms with Gasteiger partial charge in [0.2, 0.25) is 0 Å². The molecule has 0 aliphatic heterocycles. The van der Waals surface area contributed by atoms with Crippen molar-refractivity contribution < 1.29 is 9.18 Å². The third-order valence-corrected chi connectivity index (χ3v) is 2.37. The fraction of sp³-hybridized carbons (Fsp3) is 0.462. The van der Waals surface area contributed by atoms with E-state index in [0.717, 1.165) is 5.56 Å². The first-order valence-corrected chi connectivity index (χ1v) is 5.11. The molecule has 2 heteroatoms. The second kappa shape index (κ2) is 4.13. The van der Waals surface area contributed by atoms with E-state index >= 15 is 0 Å². The van der Waals surface area contributed by atoms with Crippen LogP contribution in [0, 0.1) is 0 Å².